The van der Waals surface area contributed by atoms with E-state index >= 15 is 0 Å². The number of nitrogens with zero attached hydrogens (tertiary/aromatic N) is 3. The van der Waals surface area contributed by atoms with Gasteiger partial charge in [-0.1, -0.05) is 0 Å². The summed E-state index contributed by atoms with van der Waals surface area (Å²) in [6.07, 6.45) is 1.68. The van der Waals surface area contributed by atoms with Crippen LogP contribution in [0.2, 0.25) is 0 Å². The standard InChI is InChI=1S/C15H15N5OS/c1-3-16-15(22)20-13-7-5-10-14(19-13)18-11(8-17-10)12-6-4-9(2)21-12/h4-8H,3H2,1-2H3,(H2,16,18,19,20,22). The molecule has 3 heterocycles. The highest BCUT2D eigenvalue weighted by atomic mass is 32.1. The lowest BCUT2D eigenvalue weighted by molar-refractivity contribution is 0.546. The maximum absolute atomic E-state index is 5.57. The van der Waals surface area contributed by atoms with Gasteiger partial charge in [0.2, 0.25) is 0 Å². The molecule has 0 atom stereocenters. The number of pyridine rings is 1. The lowest BCUT2D eigenvalue weighted by atomic mass is 10.3. The molecule has 0 saturated carbocycles. The maximum atomic E-state index is 5.57. The number of hydrogen-bond donors (Lipinski definition) is 2. The number of furan rings is 1. The number of fused-ring (bicyclic) bond motifs is 1. The van der Waals surface area contributed by atoms with Crippen molar-refractivity contribution in [3.8, 4) is 11.5 Å². The van der Waals surface area contributed by atoms with Crippen molar-refractivity contribution in [3.05, 3.63) is 36.2 Å². The third kappa shape index (κ3) is 3.04. The Labute approximate surface area is 133 Å². The zero-order chi connectivity index (χ0) is 15.5. The quantitative estimate of drug-likeness (QED) is 0.720. The molecule has 3 rings (SSSR count). The van der Waals surface area contributed by atoms with E-state index < -0.39 is 0 Å². The summed E-state index contributed by atoms with van der Waals surface area (Å²) in [5, 5.41) is 6.56. The predicted molar refractivity (Wildman–Crippen MR) is 89.7 cm³/mol. The van der Waals surface area contributed by atoms with Gasteiger partial charge >= 0.3 is 0 Å². The number of anilines is 1. The minimum Gasteiger partial charge on any atom is -0.460 e. The van der Waals surface area contributed by atoms with E-state index in [4.69, 9.17) is 16.6 Å². The summed E-state index contributed by atoms with van der Waals surface area (Å²) in [7, 11) is 0. The second-order valence-electron chi connectivity index (χ2n) is 4.69. The molecular formula is C15H15N5OS. The molecule has 0 fully saturated rings. The minimum absolute atomic E-state index is 0.528. The number of aromatic nitrogens is 3. The van der Waals surface area contributed by atoms with E-state index in [0.717, 1.165) is 12.3 Å². The van der Waals surface area contributed by atoms with Gasteiger partial charge in [0.05, 0.1) is 6.20 Å². The van der Waals surface area contributed by atoms with Crippen LogP contribution in [0.1, 0.15) is 12.7 Å². The normalized spacial score (nSPS) is 10.6. The third-order valence-electron chi connectivity index (χ3n) is 2.98. The molecule has 0 aliphatic carbocycles. The molecule has 0 saturated heterocycles. The molecule has 2 N–H and O–H groups in total. The fourth-order valence-corrected chi connectivity index (χ4v) is 2.23. The molecule has 6 nitrogen and oxygen atoms in total. The van der Waals surface area contributed by atoms with Gasteiger partial charge < -0.3 is 15.1 Å². The largest absolute Gasteiger partial charge is 0.460 e. The fraction of sp³-hybridized carbons (Fsp3) is 0.200. The zero-order valence-corrected chi connectivity index (χ0v) is 13.1. The van der Waals surface area contributed by atoms with E-state index in [1.807, 2.05) is 38.1 Å². The van der Waals surface area contributed by atoms with Crippen LogP contribution < -0.4 is 10.6 Å². The molecular weight excluding hydrogens is 298 g/mol. The first-order valence-electron chi connectivity index (χ1n) is 6.91. The monoisotopic (exact) mass is 313 g/mol. The number of thiocarbonyl (C=S) groups is 1. The predicted octanol–water partition coefficient (Wildman–Crippen LogP) is 2.90. The van der Waals surface area contributed by atoms with Gasteiger partial charge in [-0.05, 0) is 50.3 Å². The third-order valence-corrected chi connectivity index (χ3v) is 3.22. The van der Waals surface area contributed by atoms with Crippen molar-refractivity contribution < 1.29 is 4.42 Å². The number of nitrogens with one attached hydrogen (secondary N) is 2. The van der Waals surface area contributed by atoms with Gasteiger partial charge in [-0.15, -0.1) is 0 Å². The number of aryl methyl sites for hydroxylation is 1. The van der Waals surface area contributed by atoms with Crippen molar-refractivity contribution in [2.45, 2.75) is 13.8 Å². The summed E-state index contributed by atoms with van der Waals surface area (Å²) in [5.41, 5.74) is 1.90. The molecule has 0 bridgehead atoms. The number of rotatable bonds is 3. The first-order chi connectivity index (χ1) is 10.7. The van der Waals surface area contributed by atoms with Crippen molar-refractivity contribution in [2.75, 3.05) is 11.9 Å². The maximum Gasteiger partial charge on any atom is 0.180 e. The molecule has 0 aliphatic heterocycles. The molecule has 0 spiro atoms. The Hall–Kier alpha value is -2.54. The van der Waals surface area contributed by atoms with E-state index in [1.165, 1.54) is 0 Å². The highest BCUT2D eigenvalue weighted by Crippen LogP contribution is 2.21. The van der Waals surface area contributed by atoms with E-state index in [1.54, 1.807) is 6.20 Å². The Morgan fingerprint density at radius 2 is 2.09 bits per heavy atom. The van der Waals surface area contributed by atoms with Crippen LogP contribution in [0.15, 0.2) is 34.9 Å². The average Bonchev–Trinajstić information content (AvgIpc) is 2.93. The van der Waals surface area contributed by atoms with Crippen LogP contribution in [0.25, 0.3) is 22.6 Å². The lowest BCUT2D eigenvalue weighted by Gasteiger charge is -2.08. The second-order valence-corrected chi connectivity index (χ2v) is 5.10. The molecule has 0 unspecified atom stereocenters. The molecule has 0 aliphatic rings. The average molecular weight is 313 g/mol. The van der Waals surface area contributed by atoms with E-state index in [9.17, 15) is 0 Å². The van der Waals surface area contributed by atoms with E-state index in [2.05, 4.69) is 25.6 Å². The Morgan fingerprint density at radius 1 is 1.23 bits per heavy atom. The second kappa shape index (κ2) is 6.07. The molecule has 0 amide bonds. The van der Waals surface area contributed by atoms with Gasteiger partial charge in [-0.2, -0.15) is 0 Å². The first-order valence-corrected chi connectivity index (χ1v) is 7.32. The highest BCUT2D eigenvalue weighted by molar-refractivity contribution is 7.80. The molecule has 0 aromatic carbocycles. The minimum atomic E-state index is 0.528. The van der Waals surface area contributed by atoms with Crippen LogP contribution >= 0.6 is 12.2 Å². The van der Waals surface area contributed by atoms with Crippen LogP contribution in [0, 0.1) is 6.92 Å². The molecule has 112 valence electrons. The van der Waals surface area contributed by atoms with E-state index in [-0.39, 0.29) is 0 Å². The molecule has 3 aromatic heterocycles. The van der Waals surface area contributed by atoms with Crippen molar-refractivity contribution in [3.63, 3.8) is 0 Å². The SMILES string of the molecule is CCNC(=S)Nc1ccc2ncc(-c3ccc(C)o3)nc2n1. The van der Waals surface area contributed by atoms with Gasteiger partial charge in [0.25, 0.3) is 0 Å². The van der Waals surface area contributed by atoms with E-state index in [0.29, 0.717) is 33.5 Å². The summed E-state index contributed by atoms with van der Waals surface area (Å²) in [6, 6.07) is 7.43. The lowest BCUT2D eigenvalue weighted by Crippen LogP contribution is -2.28. The Kier molecular flexibility index (Phi) is 3.97. The smallest absolute Gasteiger partial charge is 0.180 e. The van der Waals surface area contributed by atoms with Crippen molar-refractivity contribution in [1.82, 2.24) is 20.3 Å². The summed E-state index contributed by atoms with van der Waals surface area (Å²) >= 11 is 5.15. The van der Waals surface area contributed by atoms with Crippen molar-refractivity contribution in [2.24, 2.45) is 0 Å². The molecule has 0 radical (unpaired) electrons. The summed E-state index contributed by atoms with van der Waals surface area (Å²) in [6.45, 7) is 4.62. The van der Waals surface area contributed by atoms with Crippen LogP contribution in [-0.4, -0.2) is 26.6 Å². The van der Waals surface area contributed by atoms with Crippen LogP contribution in [0.5, 0.6) is 0 Å². The summed E-state index contributed by atoms with van der Waals surface area (Å²) < 4.78 is 5.57. The first kappa shape index (κ1) is 14.4. The van der Waals surface area contributed by atoms with Gasteiger partial charge in [-0.3, -0.25) is 4.98 Å². The number of hydrogen-bond acceptors (Lipinski definition) is 5. The Morgan fingerprint density at radius 3 is 2.82 bits per heavy atom. The van der Waals surface area contributed by atoms with Gasteiger partial charge in [-0.25, -0.2) is 9.97 Å². The highest BCUT2D eigenvalue weighted by Gasteiger charge is 2.08. The van der Waals surface area contributed by atoms with Gasteiger partial charge in [0.15, 0.2) is 16.5 Å². The molecule has 7 heteroatoms. The molecule has 22 heavy (non-hydrogen) atoms. The summed E-state index contributed by atoms with van der Waals surface area (Å²) in [5.74, 6) is 2.13. The zero-order valence-electron chi connectivity index (χ0n) is 12.3. The van der Waals surface area contributed by atoms with Gasteiger partial charge in [0.1, 0.15) is 22.8 Å². The Bertz CT molecular complexity index is 830. The van der Waals surface area contributed by atoms with Crippen LogP contribution in [0.3, 0.4) is 0 Å². The van der Waals surface area contributed by atoms with Crippen LogP contribution in [-0.2, 0) is 0 Å². The van der Waals surface area contributed by atoms with Crippen LogP contribution in [0.4, 0.5) is 5.82 Å². The van der Waals surface area contributed by atoms with Gasteiger partial charge in [0, 0.05) is 6.54 Å². The summed E-state index contributed by atoms with van der Waals surface area (Å²) in [4.78, 5) is 13.3. The molecule has 3 aromatic rings. The van der Waals surface area contributed by atoms with Crippen molar-refractivity contribution in [1.29, 1.82) is 0 Å². The Balaban J connectivity index is 1.94. The fourth-order valence-electron chi connectivity index (χ4n) is 1.98. The topological polar surface area (TPSA) is 75.9 Å². The van der Waals surface area contributed by atoms with Crippen molar-refractivity contribution >= 4 is 34.3 Å².